The lowest BCUT2D eigenvalue weighted by Gasteiger charge is -2.38. The van der Waals surface area contributed by atoms with Crippen LogP contribution in [0.15, 0.2) is 24.3 Å². The Morgan fingerprint density at radius 1 is 1.23 bits per heavy atom. The van der Waals surface area contributed by atoms with Crippen LogP contribution < -0.4 is 0 Å². The minimum atomic E-state index is -0.282. The minimum absolute atomic E-state index is 0.0605. The summed E-state index contributed by atoms with van der Waals surface area (Å²) in [5.41, 5.74) is 1.58. The highest BCUT2D eigenvalue weighted by Gasteiger charge is 2.55. The van der Waals surface area contributed by atoms with Gasteiger partial charge in [0.2, 0.25) is 11.8 Å². The molecule has 1 aromatic carbocycles. The standard InChI is InChI=1S/C24H27N5O2/c1-14(23(30)29-19(11-26)7-18-8-21(18)29)12-27-13-20-9-22(27)24(31)28(20)15(2)17-5-3-4-16(6-17)10-25/h3-6,14-15,18-22H,7-9,12-13H2,1-2H3/t14-,15+,18+,19-,20+,21?,22+/m0/s1. The number of amides is 2. The molecule has 7 atom stereocenters. The molecule has 1 aromatic rings. The lowest BCUT2D eigenvalue weighted by atomic mass is 10.0. The first-order valence-electron chi connectivity index (χ1n) is 11.2. The van der Waals surface area contributed by atoms with Crippen LogP contribution in [0.3, 0.4) is 0 Å². The molecule has 3 saturated heterocycles. The number of nitriles is 2. The fourth-order valence-corrected chi connectivity index (χ4v) is 6.00. The summed E-state index contributed by atoms with van der Waals surface area (Å²) in [6.07, 6.45) is 2.63. The molecule has 160 valence electrons. The summed E-state index contributed by atoms with van der Waals surface area (Å²) in [6, 6.07) is 11.8. The molecule has 4 fully saturated rings. The zero-order valence-corrected chi connectivity index (χ0v) is 17.9. The number of piperazine rings is 1. The number of benzene rings is 1. The maximum atomic E-state index is 13.2. The van der Waals surface area contributed by atoms with Gasteiger partial charge in [-0.2, -0.15) is 10.5 Å². The number of nitrogens with zero attached hydrogens (tertiary/aromatic N) is 5. The monoisotopic (exact) mass is 417 g/mol. The molecule has 1 unspecified atom stereocenters. The average molecular weight is 418 g/mol. The molecule has 5 rings (SSSR count). The summed E-state index contributed by atoms with van der Waals surface area (Å²) < 4.78 is 0. The van der Waals surface area contributed by atoms with Crippen molar-refractivity contribution >= 4 is 11.8 Å². The van der Waals surface area contributed by atoms with Gasteiger partial charge in [0.15, 0.2) is 0 Å². The Kier molecular flexibility index (Phi) is 4.75. The molecule has 1 aliphatic carbocycles. The van der Waals surface area contributed by atoms with Crippen LogP contribution in [0.1, 0.15) is 50.3 Å². The summed E-state index contributed by atoms with van der Waals surface area (Å²) in [5, 5.41) is 18.6. The summed E-state index contributed by atoms with van der Waals surface area (Å²) in [6.45, 7) is 5.28. The van der Waals surface area contributed by atoms with E-state index < -0.39 is 0 Å². The van der Waals surface area contributed by atoms with Crippen LogP contribution in [0.25, 0.3) is 0 Å². The topological polar surface area (TPSA) is 91.4 Å². The Morgan fingerprint density at radius 2 is 2.03 bits per heavy atom. The van der Waals surface area contributed by atoms with E-state index in [1.807, 2.05) is 41.8 Å². The highest BCUT2D eigenvalue weighted by atomic mass is 16.2. The number of piperidine rings is 1. The van der Waals surface area contributed by atoms with Gasteiger partial charge in [-0.3, -0.25) is 14.5 Å². The number of hydrogen-bond acceptors (Lipinski definition) is 5. The third-order valence-electron chi connectivity index (χ3n) is 7.67. The highest BCUT2D eigenvalue weighted by molar-refractivity contribution is 5.86. The van der Waals surface area contributed by atoms with Crippen molar-refractivity contribution < 1.29 is 9.59 Å². The van der Waals surface area contributed by atoms with Crippen LogP contribution in [0.2, 0.25) is 0 Å². The maximum absolute atomic E-state index is 13.2. The minimum Gasteiger partial charge on any atom is -0.330 e. The molecule has 4 aliphatic rings. The van der Waals surface area contributed by atoms with Crippen LogP contribution in [0.5, 0.6) is 0 Å². The fraction of sp³-hybridized carbons (Fsp3) is 0.583. The molecule has 3 heterocycles. The number of carbonyl (C=O) groups is 2. The van der Waals surface area contributed by atoms with E-state index in [4.69, 9.17) is 0 Å². The molecule has 0 radical (unpaired) electrons. The SMILES string of the molecule is C[C@H](c1cccc(C#N)c1)N1C(=O)[C@H]2C[C@@H]1CN2C[C@H](C)C(=O)N1C2C[C@H]2C[C@H]1C#N. The third-order valence-corrected chi connectivity index (χ3v) is 7.67. The molecule has 2 amide bonds. The normalized spacial score (nSPS) is 33.0. The van der Waals surface area contributed by atoms with Crippen molar-refractivity contribution in [3.05, 3.63) is 35.4 Å². The summed E-state index contributed by atoms with van der Waals surface area (Å²) in [5.74, 6) is 0.467. The van der Waals surface area contributed by atoms with E-state index in [1.54, 1.807) is 6.07 Å². The lowest BCUT2D eigenvalue weighted by molar-refractivity contribution is -0.142. The summed E-state index contributed by atoms with van der Waals surface area (Å²) in [4.78, 5) is 32.2. The molecule has 0 spiro atoms. The largest absolute Gasteiger partial charge is 0.330 e. The molecule has 3 aliphatic heterocycles. The predicted molar refractivity (Wildman–Crippen MR) is 112 cm³/mol. The molecular weight excluding hydrogens is 390 g/mol. The number of carbonyl (C=O) groups excluding carboxylic acids is 2. The van der Waals surface area contributed by atoms with E-state index in [0.29, 0.717) is 18.0 Å². The number of likely N-dealkylation sites (tertiary alicyclic amines) is 3. The zero-order valence-electron chi connectivity index (χ0n) is 17.9. The third kappa shape index (κ3) is 3.20. The molecule has 2 bridgehead atoms. The van der Waals surface area contributed by atoms with Gasteiger partial charge >= 0.3 is 0 Å². The van der Waals surface area contributed by atoms with Gasteiger partial charge in [0.1, 0.15) is 6.04 Å². The fourth-order valence-electron chi connectivity index (χ4n) is 6.00. The van der Waals surface area contributed by atoms with Crippen molar-refractivity contribution in [2.24, 2.45) is 11.8 Å². The van der Waals surface area contributed by atoms with Gasteiger partial charge < -0.3 is 9.80 Å². The van der Waals surface area contributed by atoms with E-state index in [0.717, 1.165) is 31.4 Å². The van der Waals surface area contributed by atoms with Crippen LogP contribution >= 0.6 is 0 Å². The second-order valence-corrected chi connectivity index (χ2v) is 9.61. The number of fused-ring (bicyclic) bond motifs is 3. The smallest absolute Gasteiger partial charge is 0.240 e. The quantitative estimate of drug-likeness (QED) is 0.731. The summed E-state index contributed by atoms with van der Waals surface area (Å²) >= 11 is 0. The Hall–Kier alpha value is -2.90. The first kappa shape index (κ1) is 20.0. The first-order chi connectivity index (χ1) is 14.9. The molecule has 7 nitrogen and oxygen atoms in total. The van der Waals surface area contributed by atoms with Gasteiger partial charge in [-0.15, -0.1) is 0 Å². The average Bonchev–Trinajstić information content (AvgIpc) is 3.11. The lowest BCUT2D eigenvalue weighted by Crippen LogP contribution is -2.53. The Labute approximate surface area is 182 Å². The van der Waals surface area contributed by atoms with E-state index in [-0.39, 0.29) is 47.9 Å². The van der Waals surface area contributed by atoms with Gasteiger partial charge in [0.05, 0.1) is 29.8 Å². The van der Waals surface area contributed by atoms with E-state index in [1.165, 1.54) is 0 Å². The van der Waals surface area contributed by atoms with Crippen LogP contribution in [-0.2, 0) is 9.59 Å². The van der Waals surface area contributed by atoms with Crippen molar-refractivity contribution in [2.45, 2.75) is 63.3 Å². The van der Waals surface area contributed by atoms with Gasteiger partial charge in [0.25, 0.3) is 0 Å². The molecule has 1 saturated carbocycles. The predicted octanol–water partition coefficient (Wildman–Crippen LogP) is 2.05. The van der Waals surface area contributed by atoms with Gasteiger partial charge in [-0.1, -0.05) is 19.1 Å². The van der Waals surface area contributed by atoms with Gasteiger partial charge in [0, 0.05) is 31.1 Å². The van der Waals surface area contributed by atoms with Crippen LogP contribution in [-0.4, -0.2) is 63.8 Å². The second-order valence-electron chi connectivity index (χ2n) is 9.61. The van der Waals surface area contributed by atoms with E-state index in [9.17, 15) is 20.1 Å². The Bertz CT molecular complexity index is 1010. The molecule has 0 aromatic heterocycles. The molecular formula is C24H27N5O2. The van der Waals surface area contributed by atoms with Crippen molar-refractivity contribution in [2.75, 3.05) is 13.1 Å². The van der Waals surface area contributed by atoms with Crippen molar-refractivity contribution in [3.8, 4) is 12.1 Å². The van der Waals surface area contributed by atoms with Crippen LogP contribution in [0.4, 0.5) is 0 Å². The van der Waals surface area contributed by atoms with E-state index in [2.05, 4.69) is 17.0 Å². The number of rotatable bonds is 5. The van der Waals surface area contributed by atoms with Crippen LogP contribution in [0, 0.1) is 34.5 Å². The van der Waals surface area contributed by atoms with Gasteiger partial charge in [-0.25, -0.2) is 0 Å². The first-order valence-corrected chi connectivity index (χ1v) is 11.2. The van der Waals surface area contributed by atoms with Crippen molar-refractivity contribution in [3.63, 3.8) is 0 Å². The Morgan fingerprint density at radius 3 is 2.74 bits per heavy atom. The maximum Gasteiger partial charge on any atom is 0.240 e. The molecule has 0 N–H and O–H groups in total. The number of hydrogen-bond donors (Lipinski definition) is 0. The summed E-state index contributed by atoms with van der Waals surface area (Å²) in [7, 11) is 0. The Balaban J connectivity index is 1.24. The zero-order chi connectivity index (χ0) is 21.9. The second kappa shape index (κ2) is 7.35. The van der Waals surface area contributed by atoms with E-state index >= 15 is 0 Å². The van der Waals surface area contributed by atoms with Crippen molar-refractivity contribution in [1.29, 1.82) is 10.5 Å². The molecule has 7 heteroatoms. The van der Waals surface area contributed by atoms with Crippen molar-refractivity contribution in [1.82, 2.24) is 14.7 Å². The van der Waals surface area contributed by atoms with Gasteiger partial charge in [-0.05, 0) is 49.8 Å². The molecule has 31 heavy (non-hydrogen) atoms. The highest BCUT2D eigenvalue weighted by Crippen LogP contribution is 2.48.